The third-order valence-corrected chi connectivity index (χ3v) is 4.14. The number of benzene rings is 1. The molecule has 1 fully saturated rings. The van der Waals surface area contributed by atoms with E-state index in [-0.39, 0.29) is 17.6 Å². The van der Waals surface area contributed by atoms with E-state index >= 15 is 0 Å². The third kappa shape index (κ3) is 2.93. The molecule has 126 valence electrons. The van der Waals surface area contributed by atoms with Crippen molar-refractivity contribution in [1.29, 1.82) is 0 Å². The number of amides is 2. The zero-order chi connectivity index (χ0) is 17.2. The lowest BCUT2D eigenvalue weighted by Gasteiger charge is -2.33. The number of hydrogen-bond donors (Lipinski definition) is 0. The maximum absolute atomic E-state index is 12.6. The van der Waals surface area contributed by atoms with Crippen LogP contribution in [0.3, 0.4) is 0 Å². The van der Waals surface area contributed by atoms with Gasteiger partial charge in [0.25, 0.3) is 11.8 Å². The minimum Gasteiger partial charge on any atom is -0.459 e. The molecule has 1 aliphatic rings. The van der Waals surface area contributed by atoms with Crippen molar-refractivity contribution in [2.24, 2.45) is 0 Å². The number of aromatic nitrogens is 3. The molecule has 1 aromatic carbocycles. The van der Waals surface area contributed by atoms with Crippen molar-refractivity contribution in [3.8, 4) is 0 Å². The van der Waals surface area contributed by atoms with Crippen LogP contribution in [0.5, 0.6) is 0 Å². The predicted octanol–water partition coefficient (Wildman–Crippen LogP) is 1.22. The normalized spacial score (nSPS) is 14.7. The van der Waals surface area contributed by atoms with Crippen molar-refractivity contribution in [3.63, 3.8) is 0 Å². The summed E-state index contributed by atoms with van der Waals surface area (Å²) in [5.74, 6) is -0.0598. The Hall–Kier alpha value is -3.29. The summed E-state index contributed by atoms with van der Waals surface area (Å²) in [6.45, 7) is 1.71. The summed E-state index contributed by atoms with van der Waals surface area (Å²) in [5, 5.41) is 7.97. The van der Waals surface area contributed by atoms with E-state index < -0.39 is 0 Å². The highest BCUT2D eigenvalue weighted by atomic mass is 16.3. The molecule has 1 aliphatic heterocycles. The van der Waals surface area contributed by atoms with Crippen LogP contribution in [0.25, 0.3) is 11.0 Å². The third-order valence-electron chi connectivity index (χ3n) is 4.14. The lowest BCUT2D eigenvalue weighted by molar-refractivity contribution is 0.0511. The molecule has 0 saturated carbocycles. The molecule has 2 aromatic heterocycles. The number of piperazine rings is 1. The molecule has 8 nitrogen and oxygen atoms in total. The molecule has 0 bridgehead atoms. The van der Waals surface area contributed by atoms with Crippen molar-refractivity contribution >= 4 is 22.8 Å². The van der Waals surface area contributed by atoms with E-state index in [4.69, 9.17) is 4.42 Å². The molecule has 0 unspecified atom stereocenters. The van der Waals surface area contributed by atoms with Crippen LogP contribution in [-0.2, 0) is 0 Å². The second kappa shape index (κ2) is 6.31. The van der Waals surface area contributed by atoms with Gasteiger partial charge in [0.05, 0.1) is 11.8 Å². The van der Waals surface area contributed by atoms with Crippen molar-refractivity contribution in [1.82, 2.24) is 25.0 Å². The minimum absolute atomic E-state index is 0.0736. The fraction of sp³-hybridized carbons (Fsp3) is 0.235. The van der Waals surface area contributed by atoms with E-state index in [0.717, 1.165) is 0 Å². The fourth-order valence-corrected chi connectivity index (χ4v) is 2.78. The van der Waals surface area contributed by atoms with Crippen LogP contribution < -0.4 is 0 Å². The van der Waals surface area contributed by atoms with Gasteiger partial charge in [0.1, 0.15) is 5.52 Å². The van der Waals surface area contributed by atoms with Gasteiger partial charge in [-0.2, -0.15) is 0 Å². The number of nitrogens with zero attached hydrogens (tertiary/aromatic N) is 5. The van der Waals surface area contributed by atoms with Gasteiger partial charge in [-0.25, -0.2) is 4.98 Å². The Labute approximate surface area is 143 Å². The molecule has 0 radical (unpaired) electrons. The number of carbonyl (C=O) groups excluding carboxylic acids is 2. The first-order chi connectivity index (χ1) is 12.2. The molecule has 4 rings (SSSR count). The summed E-state index contributed by atoms with van der Waals surface area (Å²) in [7, 11) is 0. The number of furan rings is 1. The molecule has 0 aliphatic carbocycles. The molecule has 3 heterocycles. The maximum Gasteiger partial charge on any atom is 0.293 e. The van der Waals surface area contributed by atoms with E-state index in [1.54, 1.807) is 34.1 Å². The molecule has 1 saturated heterocycles. The van der Waals surface area contributed by atoms with Crippen LogP contribution >= 0.6 is 0 Å². The Morgan fingerprint density at radius 1 is 0.840 bits per heavy atom. The molecular weight excluding hydrogens is 322 g/mol. The molecule has 2 amide bonds. The number of hydrogen-bond acceptors (Lipinski definition) is 6. The van der Waals surface area contributed by atoms with Crippen LogP contribution in [0.2, 0.25) is 0 Å². The van der Waals surface area contributed by atoms with Crippen molar-refractivity contribution < 1.29 is 14.0 Å². The second-order valence-electron chi connectivity index (χ2n) is 5.69. The summed E-state index contributed by atoms with van der Waals surface area (Å²) < 4.78 is 5.13. The van der Waals surface area contributed by atoms with Crippen LogP contribution in [0, 0.1) is 0 Å². The maximum atomic E-state index is 12.6. The second-order valence-corrected chi connectivity index (χ2v) is 5.69. The van der Waals surface area contributed by atoms with E-state index in [0.29, 0.717) is 43.0 Å². The first kappa shape index (κ1) is 15.3. The zero-order valence-corrected chi connectivity index (χ0v) is 13.3. The van der Waals surface area contributed by atoms with Crippen LogP contribution in [0.4, 0.5) is 0 Å². The Morgan fingerprint density at radius 3 is 2.20 bits per heavy atom. The zero-order valence-electron chi connectivity index (χ0n) is 13.3. The van der Waals surface area contributed by atoms with Gasteiger partial charge in [0, 0.05) is 26.2 Å². The van der Waals surface area contributed by atoms with Gasteiger partial charge in [-0.3, -0.25) is 9.59 Å². The Bertz CT molecular complexity index is 917. The minimum atomic E-state index is -0.275. The highest BCUT2D eigenvalue weighted by Gasteiger charge is 2.28. The Morgan fingerprint density at radius 2 is 1.52 bits per heavy atom. The average Bonchev–Trinajstić information content (AvgIpc) is 3.21. The summed E-state index contributed by atoms with van der Waals surface area (Å²) in [6, 6.07) is 10.6. The van der Waals surface area contributed by atoms with Gasteiger partial charge >= 0.3 is 0 Å². The number of carbonyl (C=O) groups is 2. The number of para-hydroxylation sites is 1. The smallest absolute Gasteiger partial charge is 0.293 e. The lowest BCUT2D eigenvalue weighted by Crippen LogP contribution is -2.50. The standard InChI is InChI=1S/C17H15N5O3/c23-16(14-6-3-11-25-14)21-7-9-22(10-8-21)17(24)15-18-12-4-1-2-5-13(12)19-20-15/h1-6,11H,7-10H2. The first-order valence-corrected chi connectivity index (χ1v) is 7.94. The largest absolute Gasteiger partial charge is 0.459 e. The SMILES string of the molecule is O=C(c1nnc2ccccc2n1)N1CCN(C(=O)c2ccco2)CC1. The van der Waals surface area contributed by atoms with Gasteiger partial charge in [-0.05, 0) is 24.3 Å². The molecule has 25 heavy (non-hydrogen) atoms. The van der Waals surface area contributed by atoms with Gasteiger partial charge < -0.3 is 14.2 Å². The summed E-state index contributed by atoms with van der Waals surface area (Å²) in [5.41, 5.74) is 1.28. The predicted molar refractivity (Wildman–Crippen MR) is 87.8 cm³/mol. The summed E-state index contributed by atoms with van der Waals surface area (Å²) >= 11 is 0. The van der Waals surface area contributed by atoms with Gasteiger partial charge in [0.15, 0.2) is 5.76 Å². The Balaban J connectivity index is 1.44. The van der Waals surface area contributed by atoms with E-state index in [1.165, 1.54) is 6.26 Å². The number of fused-ring (bicyclic) bond motifs is 1. The van der Waals surface area contributed by atoms with E-state index in [2.05, 4.69) is 15.2 Å². The summed E-state index contributed by atoms with van der Waals surface area (Å²) in [4.78, 5) is 32.4. The molecule has 3 aromatic rings. The number of rotatable bonds is 2. The van der Waals surface area contributed by atoms with Gasteiger partial charge in [0.2, 0.25) is 5.82 Å². The van der Waals surface area contributed by atoms with Crippen LogP contribution in [0.15, 0.2) is 47.1 Å². The van der Waals surface area contributed by atoms with Gasteiger partial charge in [-0.1, -0.05) is 12.1 Å². The van der Waals surface area contributed by atoms with Crippen molar-refractivity contribution in [3.05, 3.63) is 54.2 Å². The average molecular weight is 337 g/mol. The molecule has 8 heteroatoms. The molecule has 0 N–H and O–H groups in total. The van der Waals surface area contributed by atoms with E-state index in [1.807, 2.05) is 12.1 Å². The molecule has 0 atom stereocenters. The Kier molecular flexibility index (Phi) is 3.85. The fourth-order valence-electron chi connectivity index (χ4n) is 2.78. The quantitative estimate of drug-likeness (QED) is 0.698. The molecule has 0 spiro atoms. The van der Waals surface area contributed by atoms with Crippen LogP contribution in [0.1, 0.15) is 21.2 Å². The highest BCUT2D eigenvalue weighted by Crippen LogP contribution is 2.12. The van der Waals surface area contributed by atoms with Gasteiger partial charge in [-0.15, -0.1) is 10.2 Å². The monoisotopic (exact) mass is 337 g/mol. The van der Waals surface area contributed by atoms with Crippen molar-refractivity contribution in [2.75, 3.05) is 26.2 Å². The lowest BCUT2D eigenvalue weighted by atomic mass is 10.2. The van der Waals surface area contributed by atoms with E-state index in [9.17, 15) is 9.59 Å². The first-order valence-electron chi connectivity index (χ1n) is 7.94. The molecular formula is C17H15N5O3. The van der Waals surface area contributed by atoms with Crippen LogP contribution in [-0.4, -0.2) is 63.0 Å². The highest BCUT2D eigenvalue weighted by molar-refractivity contribution is 5.93. The topological polar surface area (TPSA) is 92.4 Å². The van der Waals surface area contributed by atoms with Crippen molar-refractivity contribution in [2.45, 2.75) is 0 Å². The summed E-state index contributed by atoms with van der Waals surface area (Å²) in [6.07, 6.45) is 1.47.